The van der Waals surface area contributed by atoms with Crippen LogP contribution in [0.4, 0.5) is 0 Å². The molecular weight excluding hydrogens is 1270 g/mol. The summed E-state index contributed by atoms with van der Waals surface area (Å²) in [5, 5.41) is 26.5. The first-order valence-electron chi connectivity index (χ1n) is 33.3. The Labute approximate surface area is 575 Å². The molecule has 8 aromatic rings. The summed E-state index contributed by atoms with van der Waals surface area (Å²) in [5.74, 6) is -11.4. The lowest BCUT2D eigenvalue weighted by Crippen LogP contribution is -2.39. The monoisotopic (exact) mass is 1340 g/mol. The molecule has 0 radical (unpaired) electrons. The largest absolute Gasteiger partial charge is 0.464 e. The van der Waals surface area contributed by atoms with E-state index >= 15 is 0 Å². The van der Waals surface area contributed by atoms with Crippen molar-refractivity contribution in [3.05, 3.63) is 298 Å². The zero-order valence-electron chi connectivity index (χ0n) is 54.1. The third-order valence-electron chi connectivity index (χ3n) is 19.9. The second kappa shape index (κ2) is 28.2. The topological polar surface area (TPSA) is 272 Å². The maximum atomic E-state index is 14.9. The van der Waals surface area contributed by atoms with Crippen molar-refractivity contribution in [2.45, 2.75) is 36.9 Å². The smallest absolute Gasteiger partial charge is 0.306 e. The lowest BCUT2D eigenvalue weighted by Gasteiger charge is -2.36. The molecule has 4 bridgehead atoms. The number of carbonyl (C=O) groups is 8. The molecule has 2 unspecified atom stereocenters. The van der Waals surface area contributed by atoms with Crippen molar-refractivity contribution < 1.29 is 67.5 Å². The minimum atomic E-state index is -1.81. The minimum Gasteiger partial charge on any atom is -0.464 e. The number of nitrogens with zero attached hydrogens (tertiary/aromatic N) is 6. The molecule has 14 rings (SSSR count). The summed E-state index contributed by atoms with van der Waals surface area (Å²) < 4.78 is 21.2. The molecule has 20 nitrogen and oxygen atoms in total. The number of hydrogen-bond donors (Lipinski definition) is 2. The minimum absolute atomic E-state index is 0.254. The number of esters is 4. The first-order chi connectivity index (χ1) is 48.8. The predicted molar refractivity (Wildman–Crippen MR) is 361 cm³/mol. The summed E-state index contributed by atoms with van der Waals surface area (Å²) in [6.07, 6.45) is 8.82. The summed E-state index contributed by atoms with van der Waals surface area (Å²) >= 11 is 0. The molecule has 100 heavy (non-hydrogen) atoms. The van der Waals surface area contributed by atoms with Gasteiger partial charge in [-0.3, -0.25) is 68.1 Å². The molecule has 10 atom stereocenters. The molecule has 2 saturated carbocycles. The fourth-order valence-electron chi connectivity index (χ4n) is 15.8. The number of rotatable bonds is 25. The zero-order valence-corrected chi connectivity index (χ0v) is 54.1. The van der Waals surface area contributed by atoms with Gasteiger partial charge in [0.15, 0.2) is 11.2 Å². The van der Waals surface area contributed by atoms with E-state index in [2.05, 4.69) is 9.97 Å². The Morgan fingerprint density at radius 2 is 0.680 bits per heavy atom. The first-order valence-corrected chi connectivity index (χ1v) is 33.3. The van der Waals surface area contributed by atoms with Crippen LogP contribution in [0.1, 0.15) is 70.7 Å². The van der Waals surface area contributed by atoms with Gasteiger partial charge in [0.05, 0.1) is 85.2 Å². The van der Waals surface area contributed by atoms with Gasteiger partial charge in [-0.15, -0.1) is 0 Å². The molecule has 4 aromatic carbocycles. The van der Waals surface area contributed by atoms with Crippen molar-refractivity contribution in [3.8, 4) is 0 Å². The number of fused-ring (bicyclic) bond motifs is 10. The quantitative estimate of drug-likeness (QED) is 0.0178. The van der Waals surface area contributed by atoms with Crippen molar-refractivity contribution in [2.24, 2.45) is 47.3 Å². The second-order valence-electron chi connectivity index (χ2n) is 25.3. The Morgan fingerprint density at radius 3 is 1.01 bits per heavy atom. The average molecular weight is 1340 g/mol. The van der Waals surface area contributed by atoms with Gasteiger partial charge in [0.2, 0.25) is 23.6 Å². The molecule has 6 heterocycles. The van der Waals surface area contributed by atoms with Gasteiger partial charge in [0.1, 0.15) is 26.4 Å². The number of aromatic nitrogens is 4. The van der Waals surface area contributed by atoms with E-state index < -0.39 is 132 Å². The molecule has 2 N–H and O–H groups in total. The maximum absolute atomic E-state index is 14.9. The lowest BCUT2D eigenvalue weighted by atomic mass is 9.71. The predicted octanol–water partition coefficient (Wildman–Crippen LogP) is 8.75. The molecule has 0 spiro atoms. The molecule has 4 amide bonds. The highest BCUT2D eigenvalue weighted by atomic mass is 16.6. The second-order valence-corrected chi connectivity index (χ2v) is 25.3. The van der Waals surface area contributed by atoms with E-state index in [0.29, 0.717) is 45.0 Å². The number of benzene rings is 4. The number of allylic oxidation sites excluding steroid dienone is 4. The maximum Gasteiger partial charge on any atom is 0.306 e. The Morgan fingerprint density at radius 1 is 0.370 bits per heavy atom. The van der Waals surface area contributed by atoms with Gasteiger partial charge < -0.3 is 29.2 Å². The van der Waals surface area contributed by atoms with Crippen LogP contribution >= 0.6 is 0 Å². The summed E-state index contributed by atoms with van der Waals surface area (Å²) in [6, 6.07) is 59.1. The third kappa shape index (κ3) is 12.0. The van der Waals surface area contributed by atoms with Crippen LogP contribution in [0.15, 0.2) is 253 Å². The number of carbonyl (C=O) groups excluding carboxylic acids is 8. The number of aliphatic hydroxyl groups is 2. The molecule has 2 saturated heterocycles. The van der Waals surface area contributed by atoms with E-state index in [0.717, 1.165) is 43.2 Å². The zero-order chi connectivity index (χ0) is 69.1. The fourth-order valence-corrected chi connectivity index (χ4v) is 15.8. The first kappa shape index (κ1) is 65.8. The van der Waals surface area contributed by atoms with Crippen LogP contribution in [0.5, 0.6) is 0 Å². The molecule has 4 aliphatic carbocycles. The molecule has 6 aliphatic rings. The summed E-state index contributed by atoms with van der Waals surface area (Å²) in [5.41, 5.74) is 5.14. The highest BCUT2D eigenvalue weighted by Gasteiger charge is 2.68. The van der Waals surface area contributed by atoms with Gasteiger partial charge in [-0.05, 0) is 93.1 Å². The van der Waals surface area contributed by atoms with Crippen LogP contribution in [-0.2, 0) is 68.5 Å². The molecule has 20 heteroatoms. The van der Waals surface area contributed by atoms with Gasteiger partial charge in [-0.25, -0.2) is 0 Å². The van der Waals surface area contributed by atoms with E-state index in [1.165, 1.54) is 0 Å². The molecule has 502 valence electrons. The van der Waals surface area contributed by atoms with Crippen LogP contribution in [0.3, 0.4) is 0 Å². The SMILES string of the molecule is O=C(CCC(=O)OCCN1C(=O)[C@@H]2[C@@H]3C(C(O)(c4ccccc4)c4ccccn4)=C[C@@H](C3=C(c3ccccc3)c3ccccn3)[C@@H]2C1=O)OCCOC(=O)CCC(=O)OCCN1C(=O)[C@H]2[C@H]3C(C(O)(c4ccccc4)c4ccccn4)=C[C@H](C3=C(c3ccccc3)c3ccccn3)[C@H]2C1=O. The summed E-state index contributed by atoms with van der Waals surface area (Å²) in [4.78, 5) is 131. The van der Waals surface area contributed by atoms with Crippen LogP contribution in [0.2, 0.25) is 0 Å². The van der Waals surface area contributed by atoms with E-state index in [1.807, 2.05) is 146 Å². The van der Waals surface area contributed by atoms with E-state index in [-0.39, 0.29) is 39.5 Å². The van der Waals surface area contributed by atoms with Gasteiger partial charge in [0, 0.05) is 59.6 Å². The Bertz CT molecular complexity index is 4130. The van der Waals surface area contributed by atoms with Crippen LogP contribution in [0.25, 0.3) is 11.1 Å². The lowest BCUT2D eigenvalue weighted by molar-refractivity contribution is -0.156. The number of imide groups is 2. The van der Waals surface area contributed by atoms with Crippen molar-refractivity contribution >= 4 is 58.7 Å². The Hall–Kier alpha value is -11.5. The standard InChI is InChI=1S/C80H68N6O14/c87-61(97-43-41-85-75(91)69-53-47-55(79(95,51-25-9-3-10-26-51)59-31-15-19-39-83-59)71(73(69)77(85)93)67(53)65(49-21-5-1-6-22-49)57-29-13-17-37-81-57)33-35-63(89)99-45-46-100-64(90)36-34-62(88)98-44-42-86-76(92)70-54-48-56(80(96,52-27-11-4-12-28-52)60-32-16-20-40-84-60)72(74(70)78(86)94)68(54)66(50-23-7-2-8-24-50)58-30-14-18-38-82-58/h1-32,37-40,47-48,53-54,69-74,95-96H,33-36,41-46H2/t53-,54+,69-,70+,71+,72-,73-,74+,79?,80?. The number of pyridine rings is 4. The van der Waals surface area contributed by atoms with Crippen LogP contribution in [-0.4, -0.2) is 127 Å². The van der Waals surface area contributed by atoms with Crippen molar-refractivity contribution in [1.29, 1.82) is 0 Å². The highest BCUT2D eigenvalue weighted by Crippen LogP contribution is 2.66. The van der Waals surface area contributed by atoms with Gasteiger partial charge >= 0.3 is 23.9 Å². The number of hydrogen-bond acceptors (Lipinski definition) is 18. The van der Waals surface area contributed by atoms with Crippen molar-refractivity contribution in [3.63, 3.8) is 0 Å². The van der Waals surface area contributed by atoms with Crippen LogP contribution < -0.4 is 0 Å². The third-order valence-corrected chi connectivity index (χ3v) is 19.9. The van der Waals surface area contributed by atoms with Gasteiger partial charge in [-0.1, -0.05) is 158 Å². The van der Waals surface area contributed by atoms with Crippen molar-refractivity contribution in [2.75, 3.05) is 39.5 Å². The normalized spacial score (nSPS) is 23.0. The fraction of sp³-hybridized carbons (Fsp3) is 0.250. The van der Waals surface area contributed by atoms with E-state index in [1.54, 1.807) is 85.5 Å². The molecular formula is C80H68N6O14. The molecule has 4 aromatic heterocycles. The van der Waals surface area contributed by atoms with Gasteiger partial charge in [-0.2, -0.15) is 0 Å². The number of likely N-dealkylation sites (tertiary alicyclic amines) is 2. The highest BCUT2D eigenvalue weighted by molar-refractivity contribution is 6.09. The average Bonchev–Trinajstić information content (AvgIpc) is 1.52. The van der Waals surface area contributed by atoms with E-state index in [9.17, 15) is 48.6 Å². The van der Waals surface area contributed by atoms with Crippen molar-refractivity contribution in [1.82, 2.24) is 29.7 Å². The molecule has 4 fully saturated rings. The molecule has 2 aliphatic heterocycles. The van der Waals surface area contributed by atoms with Crippen LogP contribution in [0, 0.1) is 47.3 Å². The summed E-state index contributed by atoms with van der Waals surface area (Å²) in [6.45, 7) is -1.93. The Balaban J connectivity index is 0.552. The number of ether oxygens (including phenoxy) is 4. The summed E-state index contributed by atoms with van der Waals surface area (Å²) in [7, 11) is 0. The Kier molecular flexibility index (Phi) is 18.5. The number of amides is 4. The van der Waals surface area contributed by atoms with E-state index in [4.69, 9.17) is 28.9 Å². The van der Waals surface area contributed by atoms with Gasteiger partial charge in [0.25, 0.3) is 0 Å².